The molecule has 0 radical (unpaired) electrons. The van der Waals surface area contributed by atoms with E-state index in [0.29, 0.717) is 19.7 Å². The van der Waals surface area contributed by atoms with Crippen LogP contribution in [0.4, 0.5) is 8.78 Å². The smallest absolute Gasteiger partial charge is 0.243 e. The van der Waals surface area contributed by atoms with Crippen molar-refractivity contribution < 1.29 is 13.5 Å². The second-order valence-corrected chi connectivity index (χ2v) is 4.02. The first kappa shape index (κ1) is 11.3. The van der Waals surface area contributed by atoms with E-state index in [2.05, 4.69) is 0 Å². The average molecular weight is 227 g/mol. The second-order valence-electron chi connectivity index (χ2n) is 4.02. The van der Waals surface area contributed by atoms with E-state index in [1.165, 1.54) is 0 Å². The molecule has 0 aromatic heterocycles. The number of ether oxygens (including phenoxy) is 1. The molecule has 1 aromatic rings. The summed E-state index contributed by atoms with van der Waals surface area (Å²) in [6.45, 7) is 2.27. The number of para-hydroxylation sites is 1. The summed E-state index contributed by atoms with van der Waals surface area (Å²) in [6.07, 6.45) is -2.17. The minimum atomic E-state index is -2.17. The molecule has 1 aliphatic heterocycles. The summed E-state index contributed by atoms with van der Waals surface area (Å²) in [7, 11) is 0. The van der Waals surface area contributed by atoms with Crippen LogP contribution in [0, 0.1) is 5.92 Å². The molecular weight excluding hydrogens is 212 g/mol. The average Bonchev–Trinajstić information content (AvgIpc) is 2.22. The highest BCUT2D eigenvalue weighted by atomic mass is 19.3. The molecule has 1 saturated heterocycles. The van der Waals surface area contributed by atoms with E-state index in [-0.39, 0.29) is 0 Å². The van der Waals surface area contributed by atoms with Crippen molar-refractivity contribution in [3.05, 3.63) is 30.3 Å². The lowest BCUT2D eigenvalue weighted by Gasteiger charge is -2.38. The van der Waals surface area contributed by atoms with Crippen molar-refractivity contribution in [2.45, 2.75) is 6.43 Å². The van der Waals surface area contributed by atoms with Gasteiger partial charge >= 0.3 is 0 Å². The van der Waals surface area contributed by atoms with E-state index in [4.69, 9.17) is 4.74 Å². The zero-order valence-electron chi connectivity index (χ0n) is 8.98. The lowest BCUT2D eigenvalue weighted by Crippen LogP contribution is -2.51. The molecule has 0 saturated carbocycles. The molecular formula is C12H15F2NO. The summed E-state index contributed by atoms with van der Waals surface area (Å²) in [5, 5.41) is 0. The second kappa shape index (κ2) is 5.25. The molecule has 0 aliphatic carbocycles. The van der Waals surface area contributed by atoms with E-state index in [9.17, 15) is 8.78 Å². The molecule has 1 heterocycles. The first-order chi connectivity index (χ1) is 7.75. The maximum Gasteiger partial charge on any atom is 0.243 e. The zero-order valence-corrected chi connectivity index (χ0v) is 8.98. The quantitative estimate of drug-likeness (QED) is 0.765. The standard InChI is InChI=1S/C12H15F2NO/c13-12(14)10-8-15(9-10)6-7-16-11-4-2-1-3-5-11/h1-5,10,12H,6-9H2. The highest BCUT2D eigenvalue weighted by Crippen LogP contribution is 2.21. The van der Waals surface area contributed by atoms with Crippen LogP contribution >= 0.6 is 0 Å². The fourth-order valence-electron chi connectivity index (χ4n) is 1.76. The number of nitrogens with zero attached hydrogens (tertiary/aromatic N) is 1. The van der Waals surface area contributed by atoms with Crippen molar-refractivity contribution in [2.24, 2.45) is 5.92 Å². The van der Waals surface area contributed by atoms with Gasteiger partial charge in [-0.05, 0) is 12.1 Å². The molecule has 4 heteroatoms. The third-order valence-corrected chi connectivity index (χ3v) is 2.76. The minimum Gasteiger partial charge on any atom is -0.492 e. The van der Waals surface area contributed by atoms with Crippen molar-refractivity contribution in [2.75, 3.05) is 26.2 Å². The van der Waals surface area contributed by atoms with Gasteiger partial charge in [0.2, 0.25) is 6.43 Å². The van der Waals surface area contributed by atoms with Gasteiger partial charge in [-0.15, -0.1) is 0 Å². The van der Waals surface area contributed by atoms with Crippen molar-refractivity contribution in [3.63, 3.8) is 0 Å². The molecule has 16 heavy (non-hydrogen) atoms. The largest absolute Gasteiger partial charge is 0.492 e. The molecule has 0 bridgehead atoms. The number of halogens is 2. The van der Waals surface area contributed by atoms with Crippen LogP contribution in [0.5, 0.6) is 5.75 Å². The highest BCUT2D eigenvalue weighted by molar-refractivity contribution is 5.20. The first-order valence-corrected chi connectivity index (χ1v) is 5.44. The SMILES string of the molecule is FC(F)C1CN(CCOc2ccccc2)C1. The van der Waals surface area contributed by atoms with Gasteiger partial charge in [0.25, 0.3) is 0 Å². The Hall–Kier alpha value is -1.16. The van der Waals surface area contributed by atoms with Crippen LogP contribution in [0.2, 0.25) is 0 Å². The lowest BCUT2D eigenvalue weighted by atomic mass is 10.0. The molecule has 0 spiro atoms. The van der Waals surface area contributed by atoms with Crippen LogP contribution in [0.3, 0.4) is 0 Å². The summed E-state index contributed by atoms with van der Waals surface area (Å²) in [6, 6.07) is 9.52. The third-order valence-electron chi connectivity index (χ3n) is 2.76. The Morgan fingerprint density at radius 3 is 2.56 bits per heavy atom. The molecule has 0 N–H and O–H groups in total. The maximum atomic E-state index is 12.2. The van der Waals surface area contributed by atoms with Gasteiger partial charge in [-0.3, -0.25) is 4.90 Å². The first-order valence-electron chi connectivity index (χ1n) is 5.44. The summed E-state index contributed by atoms with van der Waals surface area (Å²) in [4.78, 5) is 1.99. The molecule has 2 rings (SSSR count). The van der Waals surface area contributed by atoms with Crippen LogP contribution < -0.4 is 4.74 Å². The summed E-state index contributed by atoms with van der Waals surface area (Å²) < 4.78 is 29.8. The van der Waals surface area contributed by atoms with Crippen molar-refractivity contribution in [1.29, 1.82) is 0 Å². The maximum absolute atomic E-state index is 12.2. The molecule has 1 aromatic carbocycles. The van der Waals surface area contributed by atoms with Crippen LogP contribution in [0.25, 0.3) is 0 Å². The molecule has 2 nitrogen and oxygen atoms in total. The minimum absolute atomic E-state index is 0.434. The van der Waals surface area contributed by atoms with Crippen LogP contribution in [-0.4, -0.2) is 37.6 Å². The van der Waals surface area contributed by atoms with Crippen LogP contribution in [-0.2, 0) is 0 Å². The van der Waals surface area contributed by atoms with Gasteiger partial charge in [0, 0.05) is 25.6 Å². The molecule has 0 amide bonds. The Morgan fingerprint density at radius 2 is 1.94 bits per heavy atom. The van der Waals surface area contributed by atoms with Gasteiger partial charge in [-0.1, -0.05) is 18.2 Å². The Bertz CT molecular complexity index is 312. The van der Waals surface area contributed by atoms with E-state index < -0.39 is 12.3 Å². The number of rotatable bonds is 5. The van der Waals surface area contributed by atoms with Crippen molar-refractivity contribution >= 4 is 0 Å². The fraction of sp³-hybridized carbons (Fsp3) is 0.500. The van der Waals surface area contributed by atoms with E-state index in [1.807, 2.05) is 35.2 Å². The molecule has 0 unspecified atom stereocenters. The van der Waals surface area contributed by atoms with Gasteiger partial charge in [-0.25, -0.2) is 8.78 Å². The predicted octanol–water partition coefficient (Wildman–Crippen LogP) is 2.26. The van der Waals surface area contributed by atoms with Crippen LogP contribution in [0.15, 0.2) is 30.3 Å². The van der Waals surface area contributed by atoms with E-state index in [0.717, 1.165) is 12.3 Å². The fourth-order valence-corrected chi connectivity index (χ4v) is 1.76. The van der Waals surface area contributed by atoms with Crippen molar-refractivity contribution in [1.82, 2.24) is 4.90 Å². The van der Waals surface area contributed by atoms with E-state index >= 15 is 0 Å². The van der Waals surface area contributed by atoms with Gasteiger partial charge < -0.3 is 4.74 Å². The Kier molecular flexibility index (Phi) is 3.72. The molecule has 0 atom stereocenters. The molecule has 1 aliphatic rings. The Labute approximate surface area is 93.8 Å². The zero-order chi connectivity index (χ0) is 11.4. The summed E-state index contributed by atoms with van der Waals surface area (Å²) in [5.74, 6) is 0.394. The lowest BCUT2D eigenvalue weighted by molar-refractivity contribution is -0.0280. The molecule has 88 valence electrons. The number of likely N-dealkylation sites (tertiary alicyclic amines) is 1. The van der Waals surface area contributed by atoms with Gasteiger partial charge in [0.1, 0.15) is 12.4 Å². The monoisotopic (exact) mass is 227 g/mol. The Morgan fingerprint density at radius 1 is 1.25 bits per heavy atom. The van der Waals surface area contributed by atoms with E-state index in [1.54, 1.807) is 0 Å². The summed E-state index contributed by atoms with van der Waals surface area (Å²) in [5.41, 5.74) is 0. The summed E-state index contributed by atoms with van der Waals surface area (Å²) >= 11 is 0. The van der Waals surface area contributed by atoms with Gasteiger partial charge in [0.05, 0.1) is 0 Å². The van der Waals surface area contributed by atoms with Crippen molar-refractivity contribution in [3.8, 4) is 5.75 Å². The van der Waals surface area contributed by atoms with Gasteiger partial charge in [-0.2, -0.15) is 0 Å². The number of benzene rings is 1. The van der Waals surface area contributed by atoms with Gasteiger partial charge in [0.15, 0.2) is 0 Å². The predicted molar refractivity (Wildman–Crippen MR) is 57.9 cm³/mol. The highest BCUT2D eigenvalue weighted by Gasteiger charge is 2.33. The number of hydrogen-bond donors (Lipinski definition) is 0. The van der Waals surface area contributed by atoms with Crippen LogP contribution in [0.1, 0.15) is 0 Å². The Balaban J connectivity index is 1.60. The normalized spacial score (nSPS) is 17.4. The number of hydrogen-bond acceptors (Lipinski definition) is 2. The topological polar surface area (TPSA) is 12.5 Å². The third kappa shape index (κ3) is 2.92. The molecule has 1 fully saturated rings. The number of alkyl halides is 2.